The first-order valence-electron chi connectivity index (χ1n) is 12.6. The van der Waals surface area contributed by atoms with E-state index >= 15 is 0 Å². The van der Waals surface area contributed by atoms with Crippen LogP contribution in [0, 0.1) is 5.92 Å². The van der Waals surface area contributed by atoms with Crippen molar-refractivity contribution in [1.82, 2.24) is 0 Å². The van der Waals surface area contributed by atoms with Crippen molar-refractivity contribution >= 4 is 13.8 Å². The number of rotatable bonds is 11. The highest BCUT2D eigenvalue weighted by Gasteiger charge is 2.50. The number of phosphoric ester groups is 1. The molecule has 0 N–H and O–H groups in total. The van der Waals surface area contributed by atoms with E-state index in [0.29, 0.717) is 6.42 Å². The van der Waals surface area contributed by atoms with Crippen molar-refractivity contribution < 1.29 is 37.1 Å². The number of phosphoric acid groups is 1. The van der Waals surface area contributed by atoms with Crippen LogP contribution in [0.1, 0.15) is 32.8 Å². The Morgan fingerprint density at radius 2 is 1.37 bits per heavy atom. The molecule has 0 spiro atoms. The van der Waals surface area contributed by atoms with E-state index in [-0.39, 0.29) is 30.1 Å². The molecule has 0 radical (unpaired) electrons. The average Bonchev–Trinajstić information content (AvgIpc) is 2.91. The van der Waals surface area contributed by atoms with E-state index in [0.717, 1.165) is 5.56 Å². The SMILES string of the molecule is CC[C@H]1O[C@H](OP(=O)(Oc2ccccc2)Oc2ccccc2)[C@@H](OC(C)=O)[C@H](OCc2ccccc2)[C@@H]1C. The molecule has 3 aromatic carbocycles. The Balaban J connectivity index is 1.64. The molecule has 1 saturated heterocycles. The molecule has 38 heavy (non-hydrogen) atoms. The molecule has 1 heterocycles. The lowest BCUT2D eigenvalue weighted by Crippen LogP contribution is -2.56. The van der Waals surface area contributed by atoms with Crippen molar-refractivity contribution in [3.63, 3.8) is 0 Å². The number of carbonyl (C=O) groups excluding carboxylic acids is 1. The zero-order chi connectivity index (χ0) is 27.0. The molecule has 4 rings (SSSR count). The Hall–Kier alpha value is -3.16. The molecule has 5 atom stereocenters. The van der Waals surface area contributed by atoms with Crippen LogP contribution >= 0.6 is 7.82 Å². The lowest BCUT2D eigenvalue weighted by Gasteiger charge is -2.44. The van der Waals surface area contributed by atoms with Gasteiger partial charge in [0.2, 0.25) is 6.29 Å². The first-order chi connectivity index (χ1) is 18.4. The molecule has 0 aliphatic carbocycles. The molecule has 8 nitrogen and oxygen atoms in total. The van der Waals surface area contributed by atoms with Crippen LogP contribution in [0.4, 0.5) is 0 Å². The van der Waals surface area contributed by atoms with Gasteiger partial charge in [0.05, 0.1) is 12.7 Å². The zero-order valence-corrected chi connectivity index (χ0v) is 22.6. The van der Waals surface area contributed by atoms with Crippen LogP contribution in [0.25, 0.3) is 0 Å². The Morgan fingerprint density at radius 3 is 1.87 bits per heavy atom. The van der Waals surface area contributed by atoms with Crippen molar-refractivity contribution in [2.24, 2.45) is 5.92 Å². The monoisotopic (exact) mass is 540 g/mol. The van der Waals surface area contributed by atoms with Gasteiger partial charge in [-0.15, -0.1) is 0 Å². The summed E-state index contributed by atoms with van der Waals surface area (Å²) >= 11 is 0. The van der Waals surface area contributed by atoms with Crippen LogP contribution in [-0.2, 0) is 34.7 Å². The maximum Gasteiger partial charge on any atom is 0.590 e. The van der Waals surface area contributed by atoms with Gasteiger partial charge in [0.1, 0.15) is 17.6 Å². The van der Waals surface area contributed by atoms with Crippen molar-refractivity contribution in [3.05, 3.63) is 96.6 Å². The van der Waals surface area contributed by atoms with Gasteiger partial charge in [-0.1, -0.05) is 80.6 Å². The summed E-state index contributed by atoms with van der Waals surface area (Å²) in [6.45, 7) is 5.52. The van der Waals surface area contributed by atoms with Crippen molar-refractivity contribution in [1.29, 1.82) is 0 Å². The minimum absolute atomic E-state index is 0.155. The lowest BCUT2D eigenvalue weighted by atomic mass is 9.89. The minimum Gasteiger partial charge on any atom is -0.454 e. The van der Waals surface area contributed by atoms with Gasteiger partial charge in [-0.2, -0.15) is 0 Å². The van der Waals surface area contributed by atoms with E-state index in [1.807, 2.05) is 44.2 Å². The minimum atomic E-state index is -4.34. The standard InChI is InChI=1S/C29H33O8P/c1-4-26-21(2)27(32-20-23-14-8-5-9-15-23)28(33-22(3)30)29(34-26)37-38(31,35-24-16-10-6-11-17-24)36-25-18-12-7-13-19-25/h5-19,21,26-29H,4,20H2,1-3H3/t21-,26-,27-,28+,29-/m1/s1. The summed E-state index contributed by atoms with van der Waals surface area (Å²) in [5, 5.41) is 0. The summed E-state index contributed by atoms with van der Waals surface area (Å²) in [5.74, 6) is -0.143. The van der Waals surface area contributed by atoms with Gasteiger partial charge in [0.15, 0.2) is 6.10 Å². The molecule has 0 aromatic heterocycles. The second-order valence-corrected chi connectivity index (χ2v) is 10.5. The fraction of sp³-hybridized carbons (Fsp3) is 0.345. The van der Waals surface area contributed by atoms with Gasteiger partial charge in [0, 0.05) is 12.8 Å². The molecule has 0 saturated carbocycles. The van der Waals surface area contributed by atoms with Crippen LogP contribution in [0.15, 0.2) is 91.0 Å². The highest BCUT2D eigenvalue weighted by atomic mass is 31.2. The van der Waals surface area contributed by atoms with E-state index in [1.165, 1.54) is 6.92 Å². The first-order valence-corrected chi connectivity index (χ1v) is 14.1. The Kier molecular flexibility index (Phi) is 9.58. The summed E-state index contributed by atoms with van der Waals surface area (Å²) < 4.78 is 49.8. The number of hydrogen-bond acceptors (Lipinski definition) is 8. The fourth-order valence-corrected chi connectivity index (χ4v) is 5.64. The van der Waals surface area contributed by atoms with Crippen LogP contribution in [0.2, 0.25) is 0 Å². The summed E-state index contributed by atoms with van der Waals surface area (Å²) in [5.41, 5.74) is 0.962. The normalized spacial score (nSPS) is 23.4. The summed E-state index contributed by atoms with van der Waals surface area (Å²) in [6.07, 6.45) is -2.61. The Bertz CT molecular complexity index is 1150. The van der Waals surface area contributed by atoms with E-state index in [2.05, 4.69) is 0 Å². The third kappa shape index (κ3) is 7.45. The second-order valence-electron chi connectivity index (χ2n) is 9.01. The van der Waals surface area contributed by atoms with Gasteiger partial charge in [-0.05, 0) is 36.2 Å². The van der Waals surface area contributed by atoms with E-state index in [9.17, 15) is 9.36 Å². The van der Waals surface area contributed by atoms with Crippen molar-refractivity contribution in [2.75, 3.05) is 0 Å². The van der Waals surface area contributed by atoms with Gasteiger partial charge >= 0.3 is 13.8 Å². The van der Waals surface area contributed by atoms with Crippen LogP contribution in [0.5, 0.6) is 11.5 Å². The fourth-order valence-electron chi connectivity index (χ4n) is 4.33. The Morgan fingerprint density at radius 1 is 0.842 bits per heavy atom. The van der Waals surface area contributed by atoms with Crippen LogP contribution in [0.3, 0.4) is 0 Å². The van der Waals surface area contributed by atoms with Crippen molar-refractivity contribution in [2.45, 2.75) is 58.4 Å². The number of benzene rings is 3. The number of esters is 1. The average molecular weight is 541 g/mol. The maximum atomic E-state index is 14.1. The molecule has 1 fully saturated rings. The van der Waals surface area contributed by atoms with Crippen molar-refractivity contribution in [3.8, 4) is 11.5 Å². The van der Waals surface area contributed by atoms with E-state index < -0.39 is 32.3 Å². The number of para-hydroxylation sites is 2. The van der Waals surface area contributed by atoms with Crippen LogP contribution < -0.4 is 9.05 Å². The molecule has 0 bridgehead atoms. The molecule has 1 aliphatic heterocycles. The third-order valence-corrected chi connectivity index (χ3v) is 7.48. The summed E-state index contributed by atoms with van der Waals surface area (Å²) in [7, 11) is -4.34. The first kappa shape index (κ1) is 27.9. The quantitative estimate of drug-likeness (QED) is 0.200. The largest absolute Gasteiger partial charge is 0.590 e. The molecular weight excluding hydrogens is 507 g/mol. The Labute approximate surface area is 223 Å². The predicted octanol–water partition coefficient (Wildman–Crippen LogP) is 6.56. The number of carbonyl (C=O) groups is 1. The van der Waals surface area contributed by atoms with Gasteiger partial charge in [0.25, 0.3) is 0 Å². The number of hydrogen-bond donors (Lipinski definition) is 0. The lowest BCUT2D eigenvalue weighted by molar-refractivity contribution is -0.275. The van der Waals surface area contributed by atoms with E-state index in [4.69, 9.17) is 27.8 Å². The molecular formula is C29H33O8P. The smallest absolute Gasteiger partial charge is 0.454 e. The summed E-state index contributed by atoms with van der Waals surface area (Å²) in [6, 6.07) is 26.8. The van der Waals surface area contributed by atoms with E-state index in [1.54, 1.807) is 60.7 Å². The number of ether oxygens (including phenoxy) is 3. The van der Waals surface area contributed by atoms with Gasteiger partial charge in [-0.3, -0.25) is 4.79 Å². The third-order valence-electron chi connectivity index (χ3n) is 6.15. The predicted molar refractivity (Wildman–Crippen MR) is 142 cm³/mol. The second kappa shape index (κ2) is 13.1. The molecule has 0 unspecified atom stereocenters. The highest BCUT2D eigenvalue weighted by Crippen LogP contribution is 2.52. The molecule has 9 heteroatoms. The van der Waals surface area contributed by atoms with Gasteiger partial charge < -0.3 is 23.3 Å². The topological polar surface area (TPSA) is 89.5 Å². The van der Waals surface area contributed by atoms with Crippen LogP contribution in [-0.4, -0.2) is 30.6 Å². The van der Waals surface area contributed by atoms with Gasteiger partial charge in [-0.25, -0.2) is 9.09 Å². The zero-order valence-electron chi connectivity index (χ0n) is 21.7. The maximum absolute atomic E-state index is 14.1. The molecule has 202 valence electrons. The highest BCUT2D eigenvalue weighted by molar-refractivity contribution is 7.49. The molecule has 0 amide bonds. The molecule has 3 aromatic rings. The summed E-state index contributed by atoms with van der Waals surface area (Å²) in [4.78, 5) is 12.2. The molecule has 1 aliphatic rings.